The van der Waals surface area contributed by atoms with E-state index in [4.69, 9.17) is 75.8 Å². The highest BCUT2D eigenvalue weighted by Crippen LogP contribution is 2.40. The maximum absolute atomic E-state index is 12.0. The topological polar surface area (TPSA) is 668 Å². The van der Waals surface area contributed by atoms with Crippen molar-refractivity contribution in [2.24, 2.45) is 0 Å². The Balaban J connectivity index is 0.932. The molecule has 1 aromatic carbocycles. The molecule has 0 radical (unpaired) electrons. The quantitative estimate of drug-likeness (QED) is 0.0644. The van der Waals surface area contributed by atoms with E-state index >= 15 is 0 Å². The number of nitro groups is 1. The molecule has 22 aliphatic heterocycles. The van der Waals surface area contributed by atoms with Crippen LogP contribution in [0.3, 0.4) is 0 Å². The fraction of sp³-hybridized carbons (Fsp3) is 0.889. The van der Waals surface area contributed by atoms with Crippen molar-refractivity contribution in [1.82, 2.24) is 5.32 Å². The lowest BCUT2D eigenvalue weighted by molar-refractivity contribution is -0.396. The average molecular weight is 1420 g/mol. The van der Waals surface area contributed by atoms with Gasteiger partial charge in [0.25, 0.3) is 5.69 Å². The molecule has 23 rings (SSSR count). The van der Waals surface area contributed by atoms with Crippen molar-refractivity contribution < 1.29 is 198 Å². The predicted molar refractivity (Wildman–Crippen MR) is 295 cm³/mol. The lowest BCUT2D eigenvalue weighted by atomic mass is 9.95. The van der Waals surface area contributed by atoms with E-state index in [-0.39, 0.29) is 11.4 Å². The molecule has 1 aromatic rings. The molecule has 43 nitrogen and oxygen atoms in total. The number of nitro benzene ring substituents is 1. The van der Waals surface area contributed by atoms with Crippen molar-refractivity contribution in [3.8, 4) is 5.75 Å². The van der Waals surface area contributed by atoms with Crippen LogP contribution in [0.15, 0.2) is 24.3 Å². The van der Waals surface area contributed by atoms with Gasteiger partial charge < -0.3 is 199 Å². The van der Waals surface area contributed by atoms with Gasteiger partial charge in [-0.25, -0.2) is 0 Å². The number of aliphatic hydroxyl groups excluding tert-OH is 23. The fourth-order valence-corrected chi connectivity index (χ4v) is 12.8. The molecule has 22 heterocycles. The van der Waals surface area contributed by atoms with Gasteiger partial charge in [0.15, 0.2) is 44.0 Å². The Kier molecular flexibility index (Phi) is 25.8. The van der Waals surface area contributed by atoms with Gasteiger partial charge in [0.05, 0.1) is 44.6 Å². The molecular weight excluding hydrogens is 1330 g/mol. The van der Waals surface area contributed by atoms with Crippen LogP contribution in [0.4, 0.5) is 5.69 Å². The van der Waals surface area contributed by atoms with Crippen molar-refractivity contribution in [3.05, 3.63) is 34.4 Å². The van der Waals surface area contributed by atoms with Crippen LogP contribution < -0.4 is 10.1 Å². The van der Waals surface area contributed by atoms with Crippen LogP contribution in [0.25, 0.3) is 0 Å². The van der Waals surface area contributed by atoms with Crippen LogP contribution in [0.2, 0.25) is 0 Å². The van der Waals surface area contributed by atoms with Crippen molar-refractivity contribution >= 4 is 5.69 Å². The molecule has 24 N–H and O–H groups in total. The number of hydrogen-bond donors (Lipinski definition) is 24. The van der Waals surface area contributed by atoms with Gasteiger partial charge in [-0.3, -0.25) is 10.1 Å². The standard InChI is InChI=1S/C54H84N2O41/c57-7-17-41-27(67)35(75)50(86-17)94-43-19(9-59)88-52(37(77)29(43)69)96-45-21(11-61)90-54(39(79)31(45)71)97-46-22(12-62)89-53(38(78)30(46)70)95-44-20(10-60)87-51(36(76)28(44)68)93-42-18(8-58)85-49(34(74)26(42)66)91-40-16(84-48(92-41)33(73)25(40)65)6-55-5-15-23(63)24(64)32(72)47(83-15)82-14-3-1-13(2-4-14)56(80)81/h1-4,15-55,57-79H,5-12H2/t15-,16-,17-,18-,19-,20-,21-,22-,23+,24+,25-,26-,27-,28-,29-,30-,31-,32-,33-,34-,35+,36-,37+,38-,39-,40-,41-,42-,43-,44-,45-,46-,47-,48-,49-,50-,51-,52-,53-,54-/m1/s1. The first-order valence-electron chi connectivity index (χ1n) is 30.8. The molecule has 14 bridgehead atoms. The highest BCUT2D eigenvalue weighted by Gasteiger charge is 2.60. The zero-order chi connectivity index (χ0) is 70.3. The number of rotatable bonds is 13. The van der Waals surface area contributed by atoms with Crippen LogP contribution in [0, 0.1) is 10.1 Å². The van der Waals surface area contributed by atoms with Gasteiger partial charge in [-0.1, -0.05) is 0 Å². The van der Waals surface area contributed by atoms with Crippen LogP contribution in [-0.2, 0) is 71.1 Å². The maximum Gasteiger partial charge on any atom is 0.269 e. The molecule has 0 saturated carbocycles. The van der Waals surface area contributed by atoms with E-state index < -0.39 is 303 Å². The summed E-state index contributed by atoms with van der Waals surface area (Å²) in [4.78, 5) is 10.5. The molecule has 97 heavy (non-hydrogen) atoms. The van der Waals surface area contributed by atoms with E-state index in [0.717, 1.165) is 24.3 Å². The monoisotopic (exact) mass is 1420 g/mol. The second-order valence-corrected chi connectivity index (χ2v) is 24.5. The van der Waals surface area contributed by atoms with E-state index in [1.807, 2.05) is 0 Å². The number of aliphatic hydroxyl groups is 23. The van der Waals surface area contributed by atoms with Gasteiger partial charge in [-0.15, -0.1) is 0 Å². The van der Waals surface area contributed by atoms with Crippen LogP contribution in [0.5, 0.6) is 5.75 Å². The largest absolute Gasteiger partial charge is 0.462 e. The molecule has 0 unspecified atom stereocenters. The number of benzene rings is 1. The van der Waals surface area contributed by atoms with Crippen molar-refractivity contribution in [3.63, 3.8) is 0 Å². The Bertz CT molecular complexity index is 2620. The minimum absolute atomic E-state index is 0.0811. The second-order valence-electron chi connectivity index (χ2n) is 24.5. The minimum Gasteiger partial charge on any atom is -0.462 e. The number of ether oxygens (including phenoxy) is 16. The molecule has 0 aromatic heterocycles. The first kappa shape index (κ1) is 76.5. The van der Waals surface area contributed by atoms with E-state index in [1.165, 1.54) is 0 Å². The number of nitrogens with one attached hydrogen (secondary N) is 1. The Hall–Kier alpha value is -3.14. The minimum atomic E-state index is -2.34. The van der Waals surface area contributed by atoms with Gasteiger partial charge in [-0.05, 0) is 12.1 Å². The third-order valence-electron chi connectivity index (χ3n) is 18.3. The molecule has 22 saturated heterocycles. The average Bonchev–Trinajstić information content (AvgIpc) is 0.787. The molecule has 556 valence electrons. The summed E-state index contributed by atoms with van der Waals surface area (Å²) in [5.74, 6) is -0.0811. The van der Waals surface area contributed by atoms with Gasteiger partial charge in [-0.2, -0.15) is 0 Å². The van der Waals surface area contributed by atoms with Gasteiger partial charge >= 0.3 is 0 Å². The predicted octanol–water partition coefficient (Wildman–Crippen LogP) is -15.8. The fourth-order valence-electron chi connectivity index (χ4n) is 12.8. The van der Waals surface area contributed by atoms with Crippen molar-refractivity contribution in [2.45, 2.75) is 246 Å². The molecular formula is C54H84N2O41. The van der Waals surface area contributed by atoms with Gasteiger partial charge in [0, 0.05) is 25.2 Å². The first-order valence-corrected chi connectivity index (χ1v) is 30.8. The second kappa shape index (κ2) is 32.7. The van der Waals surface area contributed by atoms with Gasteiger partial charge in [0.1, 0.15) is 201 Å². The third kappa shape index (κ3) is 15.7. The lowest BCUT2D eigenvalue weighted by Gasteiger charge is -2.50. The van der Waals surface area contributed by atoms with E-state index in [1.54, 1.807) is 0 Å². The number of non-ortho nitro benzene ring substituents is 1. The van der Waals surface area contributed by atoms with Crippen LogP contribution in [-0.4, -0.2) is 421 Å². The Morgan fingerprint density at radius 2 is 0.536 bits per heavy atom. The molecule has 0 spiro atoms. The molecule has 22 aliphatic rings. The Labute approximate surface area is 546 Å². The van der Waals surface area contributed by atoms with Crippen LogP contribution >= 0.6 is 0 Å². The summed E-state index contributed by atoms with van der Waals surface area (Å²) in [5, 5.41) is 272. The third-order valence-corrected chi connectivity index (χ3v) is 18.3. The molecule has 22 fully saturated rings. The maximum atomic E-state index is 12.0. The van der Waals surface area contributed by atoms with E-state index in [2.05, 4.69) is 5.32 Å². The molecule has 43 heteroatoms. The summed E-state index contributed by atoms with van der Waals surface area (Å²) < 4.78 is 92.7. The summed E-state index contributed by atoms with van der Waals surface area (Å²) in [7, 11) is 0. The Morgan fingerprint density at radius 3 is 0.784 bits per heavy atom. The summed E-state index contributed by atoms with van der Waals surface area (Å²) in [6.07, 6.45) is -82.0. The smallest absolute Gasteiger partial charge is 0.269 e. The molecule has 40 atom stereocenters. The summed E-state index contributed by atoms with van der Waals surface area (Å²) >= 11 is 0. The molecule has 0 amide bonds. The van der Waals surface area contributed by atoms with E-state index in [0.29, 0.717) is 0 Å². The van der Waals surface area contributed by atoms with Crippen molar-refractivity contribution in [1.29, 1.82) is 0 Å². The summed E-state index contributed by atoms with van der Waals surface area (Å²) in [6, 6.07) is 4.46. The molecule has 0 aliphatic carbocycles. The first-order chi connectivity index (χ1) is 46.2. The summed E-state index contributed by atoms with van der Waals surface area (Å²) in [5.41, 5.74) is -0.324. The zero-order valence-electron chi connectivity index (χ0n) is 50.6. The van der Waals surface area contributed by atoms with E-state index in [9.17, 15) is 128 Å². The SMILES string of the molecule is O=[N+]([O-])c1ccc(O[C@@H]2O[C@H](CNC[C@H]3O[C@@H]4O[C@H]5[C@H](O)[C@H](O)[C@@H](O[C@H]6[C@H](O)[C@H](O)[C@@H](O[C@H]7[C@H](O)[C@@H](O)[C@@H](O[C@H]8[C@H](O)[C@@H](O)[C@@H](O[C@H]9[C@H](O)[C@@H](O)[C@@H](O[C@H]%10[C@H](O)[C@@H](O)[C@@H](O[C@H]3[C@H](O)[C@H]4O)O[C@@H]%10CO)O[C@@H]9CO)O[C@@H]8CO)O[C@@H]7CO)O[C@@H]6CO)O[C@@H]5CO)[C@H](O)[C@H](O)[C@H]2O)cc1. The number of hydrogen-bond acceptors (Lipinski definition) is 42. The zero-order valence-corrected chi connectivity index (χ0v) is 50.6. The lowest BCUT2D eigenvalue weighted by Crippen LogP contribution is -2.68. The number of nitrogens with zero attached hydrogens (tertiary/aromatic N) is 1. The Morgan fingerprint density at radius 1 is 0.299 bits per heavy atom. The highest BCUT2D eigenvalue weighted by atomic mass is 16.8. The van der Waals surface area contributed by atoms with Gasteiger partial charge in [0.2, 0.25) is 6.29 Å². The normalized spacial score (nSPS) is 51.1. The highest BCUT2D eigenvalue weighted by molar-refractivity contribution is 5.36. The van der Waals surface area contributed by atoms with Crippen LogP contribution in [0.1, 0.15) is 0 Å². The van der Waals surface area contributed by atoms with Crippen molar-refractivity contribution in [2.75, 3.05) is 52.7 Å². The summed E-state index contributed by atoms with van der Waals surface area (Å²) in [6.45, 7) is -7.80.